The van der Waals surface area contributed by atoms with E-state index in [1.54, 1.807) is 36.7 Å². The molecule has 2 aromatic carbocycles. The third-order valence-corrected chi connectivity index (χ3v) is 8.18. The van der Waals surface area contributed by atoms with Gasteiger partial charge in [-0.3, -0.25) is 9.78 Å². The SMILES string of the molecule is O=C(NS(=O)(=O)CCO)c1ccc(-c2ccc(CCNC[C@H](O)c3cccnc3)cc2)cc1OC1CCCCC1. The van der Waals surface area contributed by atoms with Crippen molar-refractivity contribution in [1.29, 1.82) is 0 Å². The van der Waals surface area contributed by atoms with Gasteiger partial charge in [0.05, 0.1) is 30.1 Å². The summed E-state index contributed by atoms with van der Waals surface area (Å²) in [5.74, 6) is -0.980. The molecule has 1 aliphatic carbocycles. The second kappa shape index (κ2) is 14.4. The molecule has 1 aromatic heterocycles. The first-order chi connectivity index (χ1) is 19.3. The summed E-state index contributed by atoms with van der Waals surface area (Å²) in [6, 6.07) is 16.9. The first kappa shape index (κ1) is 29.7. The number of hydrogen-bond donors (Lipinski definition) is 4. The van der Waals surface area contributed by atoms with Gasteiger partial charge >= 0.3 is 0 Å². The summed E-state index contributed by atoms with van der Waals surface area (Å²) in [6.07, 6.45) is 8.51. The molecular formula is C30H37N3O6S. The molecule has 1 heterocycles. The average molecular weight is 568 g/mol. The fraction of sp³-hybridized carbons (Fsp3) is 0.400. The van der Waals surface area contributed by atoms with Crippen LogP contribution in [0, 0.1) is 0 Å². The van der Waals surface area contributed by atoms with Crippen LogP contribution in [0.25, 0.3) is 11.1 Å². The Hall–Kier alpha value is -3.31. The molecule has 214 valence electrons. The Morgan fingerprint density at radius 3 is 2.50 bits per heavy atom. The highest BCUT2D eigenvalue weighted by Crippen LogP contribution is 2.31. The number of carbonyl (C=O) groups excluding carboxylic acids is 1. The summed E-state index contributed by atoms with van der Waals surface area (Å²) < 4.78 is 32.4. The van der Waals surface area contributed by atoms with Gasteiger partial charge in [-0.25, -0.2) is 13.1 Å². The Bertz CT molecular complexity index is 1340. The number of hydrogen-bond acceptors (Lipinski definition) is 8. The van der Waals surface area contributed by atoms with Crippen LogP contribution in [0.1, 0.15) is 59.7 Å². The minimum absolute atomic E-state index is 0.0313. The van der Waals surface area contributed by atoms with Crippen molar-refractivity contribution >= 4 is 15.9 Å². The Morgan fingerprint density at radius 2 is 1.80 bits per heavy atom. The van der Waals surface area contributed by atoms with E-state index < -0.39 is 34.4 Å². The monoisotopic (exact) mass is 567 g/mol. The van der Waals surface area contributed by atoms with Crippen LogP contribution in [0.5, 0.6) is 5.75 Å². The second-order valence-corrected chi connectivity index (χ2v) is 11.9. The van der Waals surface area contributed by atoms with Crippen molar-refractivity contribution in [1.82, 2.24) is 15.0 Å². The smallest absolute Gasteiger partial charge is 0.268 e. The second-order valence-electron chi connectivity index (χ2n) is 10.0. The lowest BCUT2D eigenvalue weighted by molar-refractivity contribution is 0.0969. The first-order valence-electron chi connectivity index (χ1n) is 13.7. The number of aromatic nitrogens is 1. The van der Waals surface area contributed by atoms with Gasteiger partial charge in [-0.05, 0) is 73.5 Å². The molecule has 0 unspecified atom stereocenters. The van der Waals surface area contributed by atoms with Gasteiger partial charge in [-0.15, -0.1) is 0 Å². The minimum atomic E-state index is -3.95. The van der Waals surface area contributed by atoms with Crippen LogP contribution >= 0.6 is 0 Å². The summed E-state index contributed by atoms with van der Waals surface area (Å²) in [5.41, 5.74) is 3.85. The molecule has 4 rings (SSSR count). The maximum atomic E-state index is 12.9. The Labute approximate surface area is 235 Å². The molecule has 0 saturated heterocycles. The van der Waals surface area contributed by atoms with E-state index >= 15 is 0 Å². The van der Waals surface area contributed by atoms with Crippen LogP contribution < -0.4 is 14.8 Å². The third kappa shape index (κ3) is 8.59. The molecule has 9 nitrogen and oxygen atoms in total. The van der Waals surface area contributed by atoms with Crippen LogP contribution in [0.2, 0.25) is 0 Å². The van der Waals surface area contributed by atoms with E-state index in [1.165, 1.54) is 0 Å². The quantitative estimate of drug-likeness (QED) is 0.231. The highest BCUT2D eigenvalue weighted by molar-refractivity contribution is 7.90. The minimum Gasteiger partial charge on any atom is -0.490 e. The maximum absolute atomic E-state index is 12.9. The number of aliphatic hydroxyl groups excluding tert-OH is 2. The van der Waals surface area contributed by atoms with Gasteiger partial charge in [-0.1, -0.05) is 42.8 Å². The lowest BCUT2D eigenvalue weighted by Gasteiger charge is -2.24. The lowest BCUT2D eigenvalue weighted by atomic mass is 9.97. The predicted octanol–water partition coefficient (Wildman–Crippen LogP) is 3.38. The molecule has 1 aliphatic rings. The lowest BCUT2D eigenvalue weighted by Crippen LogP contribution is -2.34. The van der Waals surface area contributed by atoms with Crippen LogP contribution in [0.15, 0.2) is 67.0 Å². The molecule has 40 heavy (non-hydrogen) atoms. The Morgan fingerprint density at radius 1 is 1.05 bits per heavy atom. The zero-order chi connectivity index (χ0) is 28.4. The molecular weight excluding hydrogens is 530 g/mol. The van der Waals surface area contributed by atoms with Gasteiger partial charge in [0, 0.05) is 24.5 Å². The number of nitrogens with one attached hydrogen (secondary N) is 2. The van der Waals surface area contributed by atoms with E-state index in [2.05, 4.69) is 10.3 Å². The van der Waals surface area contributed by atoms with Crippen molar-refractivity contribution < 1.29 is 28.2 Å². The molecule has 0 aliphatic heterocycles. The first-order valence-corrected chi connectivity index (χ1v) is 15.3. The fourth-order valence-electron chi connectivity index (χ4n) is 4.74. The largest absolute Gasteiger partial charge is 0.490 e. The molecule has 3 aromatic rings. The molecule has 0 radical (unpaired) electrons. The highest BCUT2D eigenvalue weighted by Gasteiger charge is 2.23. The zero-order valence-electron chi connectivity index (χ0n) is 22.5. The summed E-state index contributed by atoms with van der Waals surface area (Å²) in [7, 11) is -3.95. The predicted molar refractivity (Wildman–Crippen MR) is 153 cm³/mol. The van der Waals surface area contributed by atoms with E-state index in [4.69, 9.17) is 9.84 Å². The number of rotatable bonds is 13. The number of amides is 1. The number of nitrogens with zero attached hydrogens (tertiary/aromatic N) is 1. The third-order valence-electron chi connectivity index (χ3n) is 6.96. The average Bonchev–Trinajstić information content (AvgIpc) is 2.96. The van der Waals surface area contributed by atoms with Crippen molar-refractivity contribution in [2.75, 3.05) is 25.4 Å². The summed E-state index contributed by atoms with van der Waals surface area (Å²) in [5, 5.41) is 22.5. The molecule has 10 heteroatoms. The zero-order valence-corrected chi connectivity index (χ0v) is 23.3. The normalized spacial score (nSPS) is 14.9. The van der Waals surface area contributed by atoms with Crippen LogP contribution in [-0.4, -0.2) is 61.1 Å². The summed E-state index contributed by atoms with van der Waals surface area (Å²) >= 11 is 0. The van der Waals surface area contributed by atoms with E-state index in [-0.39, 0.29) is 11.7 Å². The topological polar surface area (TPSA) is 138 Å². The van der Waals surface area contributed by atoms with Crippen LogP contribution in [0.4, 0.5) is 0 Å². The van der Waals surface area contributed by atoms with E-state index in [0.717, 1.165) is 60.8 Å². The van der Waals surface area contributed by atoms with Gasteiger partial charge in [0.25, 0.3) is 5.91 Å². The Balaban J connectivity index is 1.42. The highest BCUT2D eigenvalue weighted by atomic mass is 32.2. The fourth-order valence-corrected chi connectivity index (χ4v) is 5.48. The molecule has 1 atom stereocenters. The van der Waals surface area contributed by atoms with Crippen LogP contribution in [0.3, 0.4) is 0 Å². The van der Waals surface area contributed by atoms with Gasteiger partial charge in [0.15, 0.2) is 0 Å². The van der Waals surface area contributed by atoms with Crippen molar-refractivity contribution in [2.24, 2.45) is 0 Å². The van der Waals surface area contributed by atoms with Crippen molar-refractivity contribution in [2.45, 2.75) is 50.7 Å². The summed E-state index contributed by atoms with van der Waals surface area (Å²) in [4.78, 5) is 16.9. The Kier molecular flexibility index (Phi) is 10.7. The molecule has 1 fully saturated rings. The molecule has 1 saturated carbocycles. The molecule has 0 spiro atoms. The molecule has 4 N–H and O–H groups in total. The van der Waals surface area contributed by atoms with Gasteiger partial charge in [0.1, 0.15) is 5.75 Å². The van der Waals surface area contributed by atoms with E-state index in [9.17, 15) is 18.3 Å². The van der Waals surface area contributed by atoms with E-state index in [1.807, 2.05) is 35.1 Å². The van der Waals surface area contributed by atoms with Gasteiger partial charge in [-0.2, -0.15) is 0 Å². The van der Waals surface area contributed by atoms with Crippen molar-refractivity contribution in [3.8, 4) is 16.9 Å². The standard InChI is InChI=1S/C30H37N3O6S/c34-17-18-40(37,38)33-30(36)27-13-12-24(19-29(27)39-26-6-2-1-3-7-26)23-10-8-22(9-11-23)14-16-32-21-28(35)25-5-4-15-31-20-25/h4-5,8-13,15,19-20,26,28,32,34-35H,1-3,6-7,14,16-18,21H2,(H,33,36)/t28-/m0/s1. The van der Waals surface area contributed by atoms with Crippen LogP contribution in [-0.2, 0) is 16.4 Å². The summed E-state index contributed by atoms with van der Waals surface area (Å²) in [6.45, 7) is 0.570. The number of benzene rings is 2. The molecule has 0 bridgehead atoms. The van der Waals surface area contributed by atoms with E-state index in [0.29, 0.717) is 18.8 Å². The number of sulfonamides is 1. The molecule has 1 amide bonds. The number of ether oxygens (including phenoxy) is 1. The number of carbonyl (C=O) groups is 1. The maximum Gasteiger partial charge on any atom is 0.268 e. The van der Waals surface area contributed by atoms with Crippen molar-refractivity contribution in [3.05, 3.63) is 83.7 Å². The van der Waals surface area contributed by atoms with Gasteiger partial charge in [0.2, 0.25) is 10.0 Å². The number of pyridine rings is 1. The van der Waals surface area contributed by atoms with Crippen molar-refractivity contribution in [3.63, 3.8) is 0 Å². The number of aliphatic hydroxyl groups is 2. The van der Waals surface area contributed by atoms with Gasteiger partial charge < -0.3 is 20.3 Å².